The highest BCUT2D eigenvalue weighted by Gasteiger charge is 2.28. The van der Waals surface area contributed by atoms with Gasteiger partial charge in [-0.3, -0.25) is 0 Å². The molecule has 4 rings (SSSR count). The van der Waals surface area contributed by atoms with E-state index < -0.39 is 9.84 Å². The summed E-state index contributed by atoms with van der Waals surface area (Å²) in [5.41, 5.74) is 3.47. The van der Waals surface area contributed by atoms with E-state index in [9.17, 15) is 8.42 Å². The van der Waals surface area contributed by atoms with Crippen molar-refractivity contribution in [2.75, 3.05) is 16.8 Å². The monoisotopic (exact) mass is 405 g/mol. The van der Waals surface area contributed by atoms with E-state index in [2.05, 4.69) is 21.7 Å². The van der Waals surface area contributed by atoms with E-state index in [4.69, 9.17) is 11.6 Å². The third kappa shape index (κ3) is 5.00. The van der Waals surface area contributed by atoms with Crippen LogP contribution in [0.3, 0.4) is 0 Å². The van der Waals surface area contributed by atoms with Crippen molar-refractivity contribution in [2.45, 2.75) is 44.2 Å². The number of aromatic nitrogens is 1. The van der Waals surface area contributed by atoms with Crippen LogP contribution in [-0.4, -0.2) is 30.9 Å². The Hall–Kier alpha value is -1.63. The summed E-state index contributed by atoms with van der Waals surface area (Å²) < 4.78 is 23.2. The van der Waals surface area contributed by atoms with Crippen molar-refractivity contribution in [3.8, 4) is 0 Å². The summed E-state index contributed by atoms with van der Waals surface area (Å²) in [7, 11) is -2.82. The Balaban J connectivity index is 1.44. The van der Waals surface area contributed by atoms with Gasteiger partial charge in [0.2, 0.25) is 0 Å². The van der Waals surface area contributed by atoms with Crippen LogP contribution >= 0.6 is 11.6 Å². The number of pyridine rings is 1. The Morgan fingerprint density at radius 1 is 1.11 bits per heavy atom. The van der Waals surface area contributed by atoms with Crippen molar-refractivity contribution in [3.05, 3.63) is 52.7 Å². The predicted octanol–water partition coefficient (Wildman–Crippen LogP) is 4.02. The number of sulfone groups is 1. The summed E-state index contributed by atoms with van der Waals surface area (Å²) in [6.07, 6.45) is 5.77. The first-order valence-corrected chi connectivity index (χ1v) is 11.6. The molecule has 1 aromatic heterocycles. The van der Waals surface area contributed by atoms with Crippen LogP contribution in [0.25, 0.3) is 0 Å². The van der Waals surface area contributed by atoms with Crippen molar-refractivity contribution in [1.29, 1.82) is 0 Å². The second-order valence-electron chi connectivity index (χ2n) is 7.48. The van der Waals surface area contributed by atoms with Gasteiger partial charge in [-0.2, -0.15) is 0 Å². The fourth-order valence-corrected chi connectivity index (χ4v) is 5.23. The van der Waals surface area contributed by atoms with E-state index >= 15 is 0 Å². The van der Waals surface area contributed by atoms with Crippen LogP contribution in [0.5, 0.6) is 0 Å². The number of hydrogen-bond acceptors (Lipinski definition) is 5. The van der Waals surface area contributed by atoms with Gasteiger partial charge in [0.15, 0.2) is 0 Å². The summed E-state index contributed by atoms with van der Waals surface area (Å²) >= 11 is 6.05. The maximum absolute atomic E-state index is 11.6. The van der Waals surface area contributed by atoms with E-state index in [-0.39, 0.29) is 6.04 Å². The van der Waals surface area contributed by atoms with E-state index in [1.807, 2.05) is 30.5 Å². The van der Waals surface area contributed by atoms with Gasteiger partial charge >= 0.3 is 0 Å². The van der Waals surface area contributed by atoms with Crippen LogP contribution in [0.15, 0.2) is 36.5 Å². The Bertz CT molecular complexity index is 915. The molecular weight excluding hydrogens is 382 g/mol. The molecule has 2 fully saturated rings. The Kier molecular flexibility index (Phi) is 5.39. The van der Waals surface area contributed by atoms with Crippen LogP contribution in [0.1, 0.15) is 42.7 Å². The summed E-state index contributed by atoms with van der Waals surface area (Å²) in [6, 6.07) is 10.0. The highest BCUT2D eigenvalue weighted by Crippen LogP contribution is 2.42. The van der Waals surface area contributed by atoms with Crippen LogP contribution < -0.4 is 10.6 Å². The van der Waals surface area contributed by atoms with Crippen molar-refractivity contribution in [1.82, 2.24) is 10.3 Å². The zero-order valence-corrected chi connectivity index (χ0v) is 16.7. The molecule has 1 aliphatic heterocycles. The minimum Gasteiger partial charge on any atom is -0.340 e. The zero-order valence-electron chi connectivity index (χ0n) is 15.1. The second kappa shape index (κ2) is 7.78. The summed E-state index contributed by atoms with van der Waals surface area (Å²) in [5, 5.41) is 7.55. The lowest BCUT2D eigenvalue weighted by atomic mass is 10.0. The molecule has 0 spiro atoms. The summed E-state index contributed by atoms with van der Waals surface area (Å²) in [5.74, 6) is 2.02. The van der Waals surface area contributed by atoms with Crippen LogP contribution in [0.4, 0.5) is 11.5 Å². The number of anilines is 2. The molecule has 144 valence electrons. The van der Waals surface area contributed by atoms with Crippen molar-refractivity contribution in [2.24, 2.45) is 0 Å². The number of halogens is 1. The number of hydrogen-bond donors (Lipinski definition) is 2. The topological polar surface area (TPSA) is 71.1 Å². The average molecular weight is 406 g/mol. The van der Waals surface area contributed by atoms with E-state index in [0.717, 1.165) is 18.1 Å². The molecule has 1 aliphatic carbocycles. The lowest BCUT2D eigenvalue weighted by molar-refractivity contribution is 0.462. The first-order valence-electron chi connectivity index (χ1n) is 9.44. The predicted molar refractivity (Wildman–Crippen MR) is 109 cm³/mol. The molecule has 7 heteroatoms. The standard InChI is InChI=1S/C20H24ClN3O2S/c21-16-2-1-3-18(10-16)24-20-11-19(14-4-5-14)15(13-23-20)12-22-17-6-8-27(25,26)9-7-17/h1-3,10-11,13-14,17,22H,4-9,12H2,(H,23,24). The Morgan fingerprint density at radius 2 is 1.89 bits per heavy atom. The quantitative estimate of drug-likeness (QED) is 0.759. The Morgan fingerprint density at radius 3 is 2.59 bits per heavy atom. The normalized spacial score (nSPS) is 19.7. The first kappa shape index (κ1) is 18.7. The number of benzene rings is 1. The minimum atomic E-state index is -2.82. The highest BCUT2D eigenvalue weighted by atomic mass is 35.5. The molecule has 2 aliphatic rings. The van der Waals surface area contributed by atoms with E-state index in [1.165, 1.54) is 24.0 Å². The van der Waals surface area contributed by atoms with Gasteiger partial charge in [0.05, 0.1) is 11.5 Å². The maximum atomic E-state index is 11.6. The number of rotatable bonds is 6. The van der Waals surface area contributed by atoms with Gasteiger partial charge in [-0.1, -0.05) is 17.7 Å². The van der Waals surface area contributed by atoms with Crippen LogP contribution in [0, 0.1) is 0 Å². The molecule has 1 aromatic carbocycles. The molecule has 0 radical (unpaired) electrons. The second-order valence-corrected chi connectivity index (χ2v) is 10.2. The molecule has 27 heavy (non-hydrogen) atoms. The molecular formula is C20H24ClN3O2S. The third-order valence-electron chi connectivity index (χ3n) is 5.27. The molecule has 5 nitrogen and oxygen atoms in total. The zero-order chi connectivity index (χ0) is 18.9. The van der Waals surface area contributed by atoms with E-state index in [1.54, 1.807) is 0 Å². The van der Waals surface area contributed by atoms with Gasteiger partial charge in [-0.25, -0.2) is 13.4 Å². The molecule has 0 unspecified atom stereocenters. The fourth-order valence-electron chi connectivity index (χ4n) is 3.55. The van der Waals surface area contributed by atoms with Crippen LogP contribution in [0.2, 0.25) is 5.02 Å². The Labute approximate surface area is 165 Å². The van der Waals surface area contributed by atoms with Gasteiger partial charge in [0.1, 0.15) is 15.7 Å². The van der Waals surface area contributed by atoms with Gasteiger partial charge in [-0.05, 0) is 67.0 Å². The molecule has 0 bridgehead atoms. The molecule has 0 amide bonds. The van der Waals surface area contributed by atoms with Gasteiger partial charge in [0.25, 0.3) is 0 Å². The third-order valence-corrected chi connectivity index (χ3v) is 7.22. The average Bonchev–Trinajstić information content (AvgIpc) is 3.47. The summed E-state index contributed by atoms with van der Waals surface area (Å²) in [4.78, 5) is 4.57. The molecule has 2 N–H and O–H groups in total. The van der Waals surface area contributed by atoms with Crippen molar-refractivity contribution < 1.29 is 8.42 Å². The molecule has 2 heterocycles. The van der Waals surface area contributed by atoms with Crippen LogP contribution in [-0.2, 0) is 16.4 Å². The summed E-state index contributed by atoms with van der Waals surface area (Å²) in [6.45, 7) is 0.737. The molecule has 2 aromatic rings. The number of nitrogens with one attached hydrogen (secondary N) is 2. The lowest BCUT2D eigenvalue weighted by Crippen LogP contribution is -2.37. The smallest absolute Gasteiger partial charge is 0.150 e. The first-order chi connectivity index (χ1) is 13.0. The fraction of sp³-hybridized carbons (Fsp3) is 0.450. The van der Waals surface area contributed by atoms with Crippen molar-refractivity contribution in [3.63, 3.8) is 0 Å². The molecule has 0 atom stereocenters. The molecule has 1 saturated heterocycles. The van der Waals surface area contributed by atoms with Crippen molar-refractivity contribution >= 4 is 32.9 Å². The van der Waals surface area contributed by atoms with Gasteiger partial charge in [-0.15, -0.1) is 0 Å². The minimum absolute atomic E-state index is 0.268. The lowest BCUT2D eigenvalue weighted by Gasteiger charge is -2.23. The largest absolute Gasteiger partial charge is 0.340 e. The maximum Gasteiger partial charge on any atom is 0.150 e. The SMILES string of the molecule is O=S1(=O)CCC(NCc2cnc(Nc3cccc(Cl)c3)cc2C2CC2)CC1. The highest BCUT2D eigenvalue weighted by molar-refractivity contribution is 7.91. The molecule has 1 saturated carbocycles. The number of nitrogens with zero attached hydrogens (tertiary/aromatic N) is 1. The van der Waals surface area contributed by atoms with Gasteiger partial charge < -0.3 is 10.6 Å². The van der Waals surface area contributed by atoms with E-state index in [0.29, 0.717) is 35.3 Å². The van der Waals surface area contributed by atoms with Gasteiger partial charge in [0, 0.05) is 29.5 Å².